The number of methoxy groups -OCH3 is 2. The maximum absolute atomic E-state index is 5.23. The minimum Gasteiger partial charge on any atom is -0.496 e. The quantitative estimate of drug-likeness (QED) is 0.513. The average Bonchev–Trinajstić information content (AvgIpc) is 2.67. The van der Waals surface area contributed by atoms with Crippen molar-refractivity contribution in [3.8, 4) is 11.5 Å². The second kappa shape index (κ2) is 8.17. The zero-order valence-electron chi connectivity index (χ0n) is 17.1. The Bertz CT molecular complexity index is 1140. The molecular formula is C22H24N4O2. The molecule has 0 unspecified atom stereocenters. The lowest BCUT2D eigenvalue weighted by Crippen LogP contribution is -1.91. The summed E-state index contributed by atoms with van der Waals surface area (Å²) < 4.78 is 10.4. The molecular weight excluding hydrogens is 352 g/mol. The second-order valence-corrected chi connectivity index (χ2v) is 6.64. The Balaban J connectivity index is 0.000000161. The van der Waals surface area contributed by atoms with Crippen LogP contribution in [0.15, 0.2) is 36.7 Å². The third kappa shape index (κ3) is 4.17. The van der Waals surface area contributed by atoms with Crippen molar-refractivity contribution in [3.05, 3.63) is 59.2 Å². The standard InChI is InChI=1S/2C11H12N2O/c1-7-4-10-9(5-11(7)14-3)12-6-8(2)13-10;1-7-4-9-10(5-11(7)14-3)13-8(2)6-12-9/h2*4-6H,1-3H3. The van der Waals surface area contributed by atoms with Crippen LogP contribution < -0.4 is 9.47 Å². The average molecular weight is 376 g/mol. The van der Waals surface area contributed by atoms with Gasteiger partial charge in [-0.15, -0.1) is 0 Å². The van der Waals surface area contributed by atoms with E-state index in [1.54, 1.807) is 26.6 Å². The highest BCUT2D eigenvalue weighted by atomic mass is 16.5. The Hall–Kier alpha value is -3.28. The number of hydrogen-bond donors (Lipinski definition) is 0. The van der Waals surface area contributed by atoms with Crippen LogP contribution in [-0.2, 0) is 0 Å². The molecule has 0 atom stereocenters. The fraction of sp³-hybridized carbons (Fsp3) is 0.273. The van der Waals surface area contributed by atoms with E-state index in [9.17, 15) is 0 Å². The summed E-state index contributed by atoms with van der Waals surface area (Å²) in [5.41, 5.74) is 7.60. The molecule has 0 fully saturated rings. The molecule has 0 amide bonds. The number of rotatable bonds is 2. The molecule has 4 rings (SSSR count). The number of fused-ring (bicyclic) bond motifs is 2. The lowest BCUT2D eigenvalue weighted by atomic mass is 10.2. The number of benzene rings is 2. The van der Waals surface area contributed by atoms with E-state index in [0.29, 0.717) is 0 Å². The van der Waals surface area contributed by atoms with E-state index in [4.69, 9.17) is 9.47 Å². The molecule has 0 aliphatic rings. The van der Waals surface area contributed by atoms with Gasteiger partial charge in [-0.05, 0) is 51.0 Å². The molecule has 0 saturated heterocycles. The Morgan fingerprint density at radius 1 is 0.571 bits per heavy atom. The SMILES string of the molecule is COc1cc2nc(C)cnc2cc1C.COc1cc2ncc(C)nc2cc1C. The summed E-state index contributed by atoms with van der Waals surface area (Å²) in [5.74, 6) is 1.72. The predicted octanol–water partition coefficient (Wildman–Crippen LogP) is 4.51. The Kier molecular flexibility index (Phi) is 5.68. The maximum atomic E-state index is 5.23. The van der Waals surface area contributed by atoms with Gasteiger partial charge in [0.05, 0.1) is 47.7 Å². The first-order valence-electron chi connectivity index (χ1n) is 8.97. The zero-order valence-corrected chi connectivity index (χ0v) is 17.1. The summed E-state index contributed by atoms with van der Waals surface area (Å²) in [6, 6.07) is 7.82. The summed E-state index contributed by atoms with van der Waals surface area (Å²) in [7, 11) is 3.33. The molecule has 144 valence electrons. The number of hydrogen-bond acceptors (Lipinski definition) is 6. The van der Waals surface area contributed by atoms with Gasteiger partial charge in [0.25, 0.3) is 0 Å². The lowest BCUT2D eigenvalue weighted by Gasteiger charge is -2.05. The molecule has 0 aliphatic carbocycles. The third-order valence-electron chi connectivity index (χ3n) is 4.36. The van der Waals surface area contributed by atoms with Crippen molar-refractivity contribution in [2.24, 2.45) is 0 Å². The van der Waals surface area contributed by atoms with Gasteiger partial charge >= 0.3 is 0 Å². The minimum atomic E-state index is 0.857. The van der Waals surface area contributed by atoms with Gasteiger partial charge in [-0.25, -0.2) is 9.97 Å². The molecule has 2 aromatic heterocycles. The van der Waals surface area contributed by atoms with E-state index in [1.165, 1.54) is 0 Å². The van der Waals surface area contributed by atoms with Gasteiger partial charge < -0.3 is 9.47 Å². The molecule has 4 aromatic rings. The first-order chi connectivity index (χ1) is 13.4. The Morgan fingerprint density at radius 3 is 1.46 bits per heavy atom. The van der Waals surface area contributed by atoms with Gasteiger partial charge in [-0.3, -0.25) is 9.97 Å². The van der Waals surface area contributed by atoms with Gasteiger partial charge in [0.2, 0.25) is 0 Å². The van der Waals surface area contributed by atoms with Crippen molar-refractivity contribution < 1.29 is 9.47 Å². The van der Waals surface area contributed by atoms with E-state index in [2.05, 4.69) is 19.9 Å². The van der Waals surface area contributed by atoms with E-state index in [0.717, 1.165) is 56.1 Å². The van der Waals surface area contributed by atoms with E-state index in [-0.39, 0.29) is 0 Å². The summed E-state index contributed by atoms with van der Waals surface area (Å²) in [5, 5.41) is 0. The van der Waals surface area contributed by atoms with Crippen molar-refractivity contribution in [3.63, 3.8) is 0 Å². The molecule has 6 nitrogen and oxygen atoms in total. The van der Waals surface area contributed by atoms with Crippen LogP contribution >= 0.6 is 0 Å². The van der Waals surface area contributed by atoms with Crippen molar-refractivity contribution >= 4 is 22.1 Å². The lowest BCUT2D eigenvalue weighted by molar-refractivity contribution is 0.412. The van der Waals surface area contributed by atoms with Crippen molar-refractivity contribution in [2.45, 2.75) is 27.7 Å². The van der Waals surface area contributed by atoms with Crippen LogP contribution in [0.2, 0.25) is 0 Å². The first-order valence-corrected chi connectivity index (χ1v) is 8.97. The fourth-order valence-corrected chi connectivity index (χ4v) is 2.91. The summed E-state index contributed by atoms with van der Waals surface area (Å²) in [6.07, 6.45) is 3.53. The van der Waals surface area contributed by atoms with Gasteiger partial charge in [0, 0.05) is 24.5 Å². The molecule has 0 aliphatic heterocycles. The molecule has 2 heterocycles. The number of ether oxygens (including phenoxy) is 2. The molecule has 0 bridgehead atoms. The predicted molar refractivity (Wildman–Crippen MR) is 111 cm³/mol. The van der Waals surface area contributed by atoms with Crippen molar-refractivity contribution in [1.29, 1.82) is 0 Å². The van der Waals surface area contributed by atoms with Crippen LogP contribution in [0.25, 0.3) is 22.1 Å². The third-order valence-corrected chi connectivity index (χ3v) is 4.36. The maximum Gasteiger partial charge on any atom is 0.124 e. The summed E-state index contributed by atoms with van der Waals surface area (Å²) in [6.45, 7) is 7.87. The monoisotopic (exact) mass is 376 g/mol. The number of aromatic nitrogens is 4. The second-order valence-electron chi connectivity index (χ2n) is 6.64. The highest BCUT2D eigenvalue weighted by molar-refractivity contribution is 5.78. The molecule has 28 heavy (non-hydrogen) atoms. The van der Waals surface area contributed by atoms with Crippen LogP contribution in [0.4, 0.5) is 0 Å². The largest absolute Gasteiger partial charge is 0.496 e. The van der Waals surface area contributed by atoms with Crippen molar-refractivity contribution in [1.82, 2.24) is 19.9 Å². The van der Waals surface area contributed by atoms with Gasteiger partial charge in [0.15, 0.2) is 0 Å². The topological polar surface area (TPSA) is 70.0 Å². The minimum absolute atomic E-state index is 0.857. The first kappa shape index (κ1) is 19.5. The molecule has 6 heteroatoms. The van der Waals surface area contributed by atoms with Crippen LogP contribution in [0.3, 0.4) is 0 Å². The van der Waals surface area contributed by atoms with Crippen LogP contribution in [0, 0.1) is 27.7 Å². The molecule has 0 spiro atoms. The molecule has 0 N–H and O–H groups in total. The Morgan fingerprint density at radius 2 is 0.964 bits per heavy atom. The highest BCUT2D eigenvalue weighted by Crippen LogP contribution is 2.23. The van der Waals surface area contributed by atoms with Crippen LogP contribution in [0.5, 0.6) is 11.5 Å². The van der Waals surface area contributed by atoms with E-state index >= 15 is 0 Å². The normalized spacial score (nSPS) is 10.5. The summed E-state index contributed by atoms with van der Waals surface area (Å²) >= 11 is 0. The molecule has 2 aromatic carbocycles. The van der Waals surface area contributed by atoms with Crippen LogP contribution in [0.1, 0.15) is 22.5 Å². The zero-order chi connectivity index (χ0) is 20.3. The van der Waals surface area contributed by atoms with E-state index in [1.807, 2.05) is 52.0 Å². The van der Waals surface area contributed by atoms with Gasteiger partial charge in [0.1, 0.15) is 11.5 Å². The molecule has 0 radical (unpaired) electrons. The van der Waals surface area contributed by atoms with Gasteiger partial charge in [-0.2, -0.15) is 0 Å². The van der Waals surface area contributed by atoms with Crippen LogP contribution in [-0.4, -0.2) is 34.2 Å². The number of aryl methyl sites for hydroxylation is 4. The number of nitrogens with zero attached hydrogens (tertiary/aromatic N) is 4. The van der Waals surface area contributed by atoms with Crippen molar-refractivity contribution in [2.75, 3.05) is 14.2 Å². The highest BCUT2D eigenvalue weighted by Gasteiger charge is 2.04. The molecule has 0 saturated carbocycles. The van der Waals surface area contributed by atoms with Gasteiger partial charge in [-0.1, -0.05) is 0 Å². The Labute approximate surface area is 164 Å². The fourth-order valence-electron chi connectivity index (χ4n) is 2.91. The smallest absolute Gasteiger partial charge is 0.124 e. The summed E-state index contributed by atoms with van der Waals surface area (Å²) in [4.78, 5) is 17.4. The van der Waals surface area contributed by atoms with E-state index < -0.39 is 0 Å².